The van der Waals surface area contributed by atoms with Gasteiger partial charge in [0.25, 0.3) is 5.91 Å². The van der Waals surface area contributed by atoms with E-state index in [2.05, 4.69) is 30.4 Å². The van der Waals surface area contributed by atoms with Gasteiger partial charge in [-0.25, -0.2) is 9.97 Å². The molecule has 3 heterocycles. The van der Waals surface area contributed by atoms with E-state index in [-0.39, 0.29) is 5.91 Å². The Morgan fingerprint density at radius 3 is 2.91 bits per heavy atom. The van der Waals surface area contributed by atoms with Crippen LogP contribution in [0, 0.1) is 0 Å². The van der Waals surface area contributed by atoms with E-state index in [9.17, 15) is 4.79 Å². The Balaban J connectivity index is 1.64. The van der Waals surface area contributed by atoms with Gasteiger partial charge in [-0.2, -0.15) is 5.10 Å². The van der Waals surface area contributed by atoms with E-state index in [1.54, 1.807) is 6.20 Å². The van der Waals surface area contributed by atoms with Crippen molar-refractivity contribution in [3.05, 3.63) is 42.5 Å². The van der Waals surface area contributed by atoms with Crippen molar-refractivity contribution in [1.82, 2.24) is 20.2 Å². The van der Waals surface area contributed by atoms with Crippen LogP contribution in [0.15, 0.2) is 36.8 Å². The molecule has 4 rings (SSSR count). The van der Waals surface area contributed by atoms with Gasteiger partial charge < -0.3 is 10.2 Å². The van der Waals surface area contributed by atoms with Crippen LogP contribution in [0.25, 0.3) is 10.9 Å². The molecule has 3 aromatic rings. The van der Waals surface area contributed by atoms with Crippen molar-refractivity contribution < 1.29 is 4.79 Å². The number of carbonyl (C=O) groups is 1. The maximum absolute atomic E-state index is 12.6. The Hall–Kier alpha value is -2.96. The second-order valence-electron chi connectivity index (χ2n) is 5.53. The molecule has 1 aliphatic heterocycles. The summed E-state index contributed by atoms with van der Waals surface area (Å²) in [4.78, 5) is 23.1. The predicted molar refractivity (Wildman–Crippen MR) is 87.5 cm³/mol. The molecule has 1 aliphatic rings. The Kier molecular flexibility index (Phi) is 3.38. The van der Waals surface area contributed by atoms with Crippen molar-refractivity contribution in [2.75, 3.05) is 23.3 Å². The molecule has 7 heteroatoms. The predicted octanol–water partition coefficient (Wildman–Crippen LogP) is 2.21. The quantitative estimate of drug-likeness (QED) is 0.774. The van der Waals surface area contributed by atoms with Gasteiger partial charge in [0, 0.05) is 18.5 Å². The summed E-state index contributed by atoms with van der Waals surface area (Å²) in [6, 6.07) is 7.55. The highest BCUT2D eigenvalue weighted by Crippen LogP contribution is 2.26. The highest BCUT2D eigenvalue weighted by atomic mass is 16.2. The lowest BCUT2D eigenvalue weighted by atomic mass is 10.2. The normalized spacial score (nSPS) is 14.3. The fraction of sp³-hybridized carbons (Fsp3) is 0.250. The highest BCUT2D eigenvalue weighted by molar-refractivity contribution is 6.11. The fourth-order valence-corrected chi connectivity index (χ4v) is 2.91. The number of benzene rings is 1. The first-order chi connectivity index (χ1) is 11.3. The molecule has 23 heavy (non-hydrogen) atoms. The Labute approximate surface area is 132 Å². The smallest absolute Gasteiger partial charge is 0.276 e. The van der Waals surface area contributed by atoms with E-state index in [1.807, 2.05) is 24.3 Å². The minimum absolute atomic E-state index is 0.266. The van der Waals surface area contributed by atoms with Gasteiger partial charge in [0.05, 0.1) is 11.7 Å². The number of nitrogens with one attached hydrogen (secondary N) is 2. The number of aromatic amines is 1. The van der Waals surface area contributed by atoms with Crippen LogP contribution in [0.2, 0.25) is 0 Å². The number of amides is 1. The summed E-state index contributed by atoms with van der Waals surface area (Å²) in [7, 11) is 0. The van der Waals surface area contributed by atoms with Gasteiger partial charge in [-0.3, -0.25) is 9.89 Å². The fourth-order valence-electron chi connectivity index (χ4n) is 2.91. The van der Waals surface area contributed by atoms with E-state index in [4.69, 9.17) is 0 Å². The van der Waals surface area contributed by atoms with Gasteiger partial charge in [0.1, 0.15) is 12.0 Å². The van der Waals surface area contributed by atoms with Crippen LogP contribution in [0.5, 0.6) is 0 Å². The number of nitrogens with zero attached hydrogens (tertiary/aromatic N) is 4. The minimum atomic E-state index is -0.266. The maximum atomic E-state index is 12.6. The molecule has 7 nitrogen and oxygen atoms in total. The lowest BCUT2D eigenvalue weighted by Gasteiger charge is -2.19. The number of para-hydroxylation sites is 1. The van der Waals surface area contributed by atoms with Crippen molar-refractivity contribution in [2.24, 2.45) is 0 Å². The first kappa shape index (κ1) is 13.7. The molecule has 1 saturated heterocycles. The number of hydrogen-bond donors (Lipinski definition) is 2. The molecule has 0 atom stereocenters. The van der Waals surface area contributed by atoms with Gasteiger partial charge in [-0.1, -0.05) is 18.2 Å². The molecule has 1 amide bonds. The van der Waals surface area contributed by atoms with Crippen LogP contribution in [-0.4, -0.2) is 39.2 Å². The summed E-state index contributed by atoms with van der Waals surface area (Å²) < 4.78 is 0. The molecule has 0 unspecified atom stereocenters. The SMILES string of the molecule is O=C(Nc1cncnc1N1CCCC1)c1n[nH]c2ccccc12. The molecule has 0 radical (unpaired) electrons. The van der Waals surface area contributed by atoms with Crippen molar-refractivity contribution in [3.63, 3.8) is 0 Å². The number of H-pyrrole nitrogens is 1. The zero-order valence-electron chi connectivity index (χ0n) is 12.5. The van der Waals surface area contributed by atoms with E-state index in [0.717, 1.165) is 42.7 Å². The van der Waals surface area contributed by atoms with Crippen LogP contribution >= 0.6 is 0 Å². The molecule has 1 aromatic carbocycles. The van der Waals surface area contributed by atoms with Crippen molar-refractivity contribution in [3.8, 4) is 0 Å². The van der Waals surface area contributed by atoms with Gasteiger partial charge in [0.2, 0.25) is 0 Å². The molecule has 1 fully saturated rings. The summed E-state index contributed by atoms with van der Waals surface area (Å²) in [6.07, 6.45) is 5.42. The van der Waals surface area contributed by atoms with Crippen LogP contribution in [0.3, 0.4) is 0 Å². The summed E-state index contributed by atoms with van der Waals surface area (Å²) in [5, 5.41) is 10.7. The maximum Gasteiger partial charge on any atom is 0.276 e. The topological polar surface area (TPSA) is 86.8 Å². The first-order valence-corrected chi connectivity index (χ1v) is 7.62. The molecule has 116 valence electrons. The Bertz CT molecular complexity index is 852. The van der Waals surface area contributed by atoms with E-state index in [0.29, 0.717) is 11.4 Å². The van der Waals surface area contributed by atoms with Crippen LogP contribution in [-0.2, 0) is 0 Å². The third-order valence-corrected chi connectivity index (χ3v) is 4.03. The van der Waals surface area contributed by atoms with E-state index >= 15 is 0 Å². The zero-order valence-corrected chi connectivity index (χ0v) is 12.5. The molecule has 2 N–H and O–H groups in total. The number of rotatable bonds is 3. The van der Waals surface area contributed by atoms with E-state index in [1.165, 1.54) is 6.33 Å². The standard InChI is InChI=1S/C16H16N6O/c23-16(14-11-5-1-2-6-12(11)20-21-14)19-13-9-17-10-18-15(13)22-7-3-4-8-22/h1-2,5-6,9-10H,3-4,7-8H2,(H,19,23)(H,20,21). The molecular weight excluding hydrogens is 292 g/mol. The number of fused-ring (bicyclic) bond motifs is 1. The largest absolute Gasteiger partial charge is 0.355 e. The molecule has 2 aromatic heterocycles. The highest BCUT2D eigenvalue weighted by Gasteiger charge is 2.20. The molecule has 0 saturated carbocycles. The zero-order chi connectivity index (χ0) is 15.6. The Morgan fingerprint density at radius 1 is 1.22 bits per heavy atom. The second-order valence-corrected chi connectivity index (χ2v) is 5.53. The molecule has 0 bridgehead atoms. The molecule has 0 spiro atoms. The number of carbonyl (C=O) groups excluding carboxylic acids is 1. The Morgan fingerprint density at radius 2 is 2.04 bits per heavy atom. The third kappa shape index (κ3) is 2.50. The number of hydrogen-bond acceptors (Lipinski definition) is 5. The van der Waals surface area contributed by atoms with Gasteiger partial charge >= 0.3 is 0 Å². The van der Waals surface area contributed by atoms with Crippen molar-refractivity contribution in [2.45, 2.75) is 12.8 Å². The third-order valence-electron chi connectivity index (χ3n) is 4.03. The molecular formula is C16H16N6O. The summed E-state index contributed by atoms with van der Waals surface area (Å²) in [5.41, 5.74) is 1.82. The van der Waals surface area contributed by atoms with Crippen molar-refractivity contribution >= 4 is 28.3 Å². The summed E-state index contributed by atoms with van der Waals surface area (Å²) in [6.45, 7) is 1.90. The average Bonchev–Trinajstić information content (AvgIpc) is 3.25. The lowest BCUT2D eigenvalue weighted by Crippen LogP contribution is -2.22. The van der Waals surface area contributed by atoms with Crippen LogP contribution < -0.4 is 10.2 Å². The average molecular weight is 308 g/mol. The second kappa shape index (κ2) is 5.68. The number of aromatic nitrogens is 4. The van der Waals surface area contributed by atoms with Crippen LogP contribution in [0.4, 0.5) is 11.5 Å². The summed E-state index contributed by atoms with van der Waals surface area (Å²) >= 11 is 0. The van der Waals surface area contributed by atoms with Crippen molar-refractivity contribution in [1.29, 1.82) is 0 Å². The molecule has 0 aliphatic carbocycles. The van der Waals surface area contributed by atoms with Gasteiger partial charge in [-0.05, 0) is 18.9 Å². The van der Waals surface area contributed by atoms with Gasteiger partial charge in [0.15, 0.2) is 11.5 Å². The van der Waals surface area contributed by atoms with Crippen LogP contribution in [0.1, 0.15) is 23.3 Å². The van der Waals surface area contributed by atoms with Gasteiger partial charge in [-0.15, -0.1) is 0 Å². The monoisotopic (exact) mass is 308 g/mol. The summed E-state index contributed by atoms with van der Waals surface area (Å²) in [5.74, 6) is 0.503. The van der Waals surface area contributed by atoms with E-state index < -0.39 is 0 Å². The lowest BCUT2D eigenvalue weighted by molar-refractivity contribution is 0.102. The number of anilines is 2. The first-order valence-electron chi connectivity index (χ1n) is 7.62. The minimum Gasteiger partial charge on any atom is -0.355 e.